The summed E-state index contributed by atoms with van der Waals surface area (Å²) in [7, 11) is 0. The average Bonchev–Trinajstić information content (AvgIpc) is 2.98. The van der Waals surface area contributed by atoms with E-state index in [1.54, 1.807) is 0 Å². The van der Waals surface area contributed by atoms with Crippen LogP contribution in [0.2, 0.25) is 0 Å². The molecule has 0 bridgehead atoms. The molecule has 1 aliphatic carbocycles. The first kappa shape index (κ1) is 11.4. The molecule has 3 rings (SSSR count). The quantitative estimate of drug-likeness (QED) is 0.878. The van der Waals surface area contributed by atoms with E-state index in [9.17, 15) is 5.11 Å². The van der Waals surface area contributed by atoms with Crippen molar-refractivity contribution in [1.29, 1.82) is 0 Å². The van der Waals surface area contributed by atoms with Gasteiger partial charge in [-0.2, -0.15) is 0 Å². The summed E-state index contributed by atoms with van der Waals surface area (Å²) in [5.41, 5.74) is 2.08. The Labute approximate surface area is 106 Å². The molecular formula is C14H17N3O. The summed E-state index contributed by atoms with van der Waals surface area (Å²) in [4.78, 5) is 0. The molecule has 4 nitrogen and oxygen atoms in total. The highest BCUT2D eigenvalue weighted by atomic mass is 16.3. The SMILES string of the molecule is CC1(c2cnnn2-c2ccccc2)CCC(O)C1. The van der Waals surface area contributed by atoms with Crippen molar-refractivity contribution in [3.05, 3.63) is 42.2 Å². The van der Waals surface area contributed by atoms with Gasteiger partial charge in [0.25, 0.3) is 0 Å². The molecule has 94 valence electrons. The largest absolute Gasteiger partial charge is 0.393 e. The minimum Gasteiger partial charge on any atom is -0.393 e. The summed E-state index contributed by atoms with van der Waals surface area (Å²) in [6.45, 7) is 2.18. The smallest absolute Gasteiger partial charge is 0.0735 e. The lowest BCUT2D eigenvalue weighted by Gasteiger charge is -2.23. The number of nitrogens with zero attached hydrogens (tertiary/aromatic N) is 3. The Bertz CT molecular complexity index is 537. The number of hydrogen-bond donors (Lipinski definition) is 1. The number of para-hydroxylation sites is 1. The van der Waals surface area contributed by atoms with Gasteiger partial charge in [-0.25, -0.2) is 4.68 Å². The summed E-state index contributed by atoms with van der Waals surface area (Å²) >= 11 is 0. The predicted molar refractivity (Wildman–Crippen MR) is 68.6 cm³/mol. The van der Waals surface area contributed by atoms with Gasteiger partial charge in [-0.15, -0.1) is 5.10 Å². The molecule has 0 amide bonds. The van der Waals surface area contributed by atoms with Crippen molar-refractivity contribution in [2.24, 2.45) is 0 Å². The van der Waals surface area contributed by atoms with E-state index >= 15 is 0 Å². The van der Waals surface area contributed by atoms with Crippen LogP contribution >= 0.6 is 0 Å². The first-order chi connectivity index (χ1) is 8.69. The van der Waals surface area contributed by atoms with Crippen LogP contribution in [0, 0.1) is 0 Å². The van der Waals surface area contributed by atoms with Gasteiger partial charge in [-0.1, -0.05) is 30.3 Å². The minimum atomic E-state index is -0.200. The third kappa shape index (κ3) is 1.82. The molecule has 1 aliphatic rings. The van der Waals surface area contributed by atoms with Crippen LogP contribution in [0.25, 0.3) is 5.69 Å². The Hall–Kier alpha value is -1.68. The van der Waals surface area contributed by atoms with E-state index in [4.69, 9.17) is 0 Å². The lowest BCUT2D eigenvalue weighted by molar-refractivity contribution is 0.174. The normalized spacial score (nSPS) is 27.6. The average molecular weight is 243 g/mol. The molecule has 0 radical (unpaired) electrons. The monoisotopic (exact) mass is 243 g/mol. The Morgan fingerprint density at radius 1 is 1.33 bits per heavy atom. The molecule has 1 fully saturated rings. The second kappa shape index (κ2) is 4.21. The molecular weight excluding hydrogens is 226 g/mol. The topological polar surface area (TPSA) is 50.9 Å². The molecule has 1 aromatic carbocycles. The number of benzene rings is 1. The molecule has 0 spiro atoms. The second-order valence-corrected chi connectivity index (χ2v) is 5.32. The van der Waals surface area contributed by atoms with Crippen molar-refractivity contribution in [3.63, 3.8) is 0 Å². The molecule has 1 aromatic heterocycles. The van der Waals surface area contributed by atoms with E-state index in [-0.39, 0.29) is 11.5 Å². The third-order valence-corrected chi connectivity index (χ3v) is 3.88. The fourth-order valence-electron chi connectivity index (χ4n) is 2.85. The Balaban J connectivity index is 2.02. The van der Waals surface area contributed by atoms with E-state index in [1.165, 1.54) is 0 Å². The fourth-order valence-corrected chi connectivity index (χ4v) is 2.85. The van der Waals surface area contributed by atoms with Gasteiger partial charge in [-0.3, -0.25) is 0 Å². The summed E-state index contributed by atoms with van der Waals surface area (Å²) in [6.07, 6.45) is 4.25. The van der Waals surface area contributed by atoms with E-state index in [0.29, 0.717) is 0 Å². The summed E-state index contributed by atoms with van der Waals surface area (Å²) < 4.78 is 1.89. The zero-order valence-corrected chi connectivity index (χ0v) is 10.5. The minimum absolute atomic E-state index is 0.0290. The van der Waals surface area contributed by atoms with Crippen molar-refractivity contribution < 1.29 is 5.11 Å². The predicted octanol–water partition coefficient (Wildman–Crippen LogP) is 2.07. The van der Waals surface area contributed by atoms with Gasteiger partial charge in [-0.05, 0) is 31.4 Å². The van der Waals surface area contributed by atoms with Gasteiger partial charge in [0.05, 0.1) is 23.7 Å². The Morgan fingerprint density at radius 2 is 2.11 bits per heavy atom. The maximum Gasteiger partial charge on any atom is 0.0735 e. The zero-order chi connectivity index (χ0) is 12.6. The van der Waals surface area contributed by atoms with Crippen LogP contribution in [0.5, 0.6) is 0 Å². The molecule has 18 heavy (non-hydrogen) atoms. The fraction of sp³-hybridized carbons (Fsp3) is 0.429. The number of hydrogen-bond acceptors (Lipinski definition) is 3. The van der Waals surface area contributed by atoms with Gasteiger partial charge < -0.3 is 5.11 Å². The van der Waals surface area contributed by atoms with E-state index in [1.807, 2.05) is 41.2 Å². The third-order valence-electron chi connectivity index (χ3n) is 3.88. The lowest BCUT2D eigenvalue weighted by atomic mass is 9.85. The van der Waals surface area contributed by atoms with E-state index < -0.39 is 0 Å². The van der Waals surface area contributed by atoms with Crippen LogP contribution in [-0.4, -0.2) is 26.2 Å². The summed E-state index contributed by atoms with van der Waals surface area (Å²) in [6, 6.07) is 10.0. The second-order valence-electron chi connectivity index (χ2n) is 5.32. The van der Waals surface area contributed by atoms with Crippen molar-refractivity contribution in [2.75, 3.05) is 0 Å². The molecule has 1 heterocycles. The van der Waals surface area contributed by atoms with Gasteiger partial charge in [0.15, 0.2) is 0 Å². The highest BCUT2D eigenvalue weighted by Gasteiger charge is 2.38. The maximum absolute atomic E-state index is 9.77. The molecule has 1 saturated carbocycles. The van der Waals surface area contributed by atoms with Crippen molar-refractivity contribution >= 4 is 0 Å². The molecule has 4 heteroatoms. The van der Waals surface area contributed by atoms with Gasteiger partial charge in [0, 0.05) is 5.41 Å². The van der Waals surface area contributed by atoms with Crippen LogP contribution in [0.1, 0.15) is 31.9 Å². The lowest BCUT2D eigenvalue weighted by Crippen LogP contribution is -2.23. The number of aliphatic hydroxyl groups is 1. The van der Waals surface area contributed by atoms with Crippen molar-refractivity contribution in [3.8, 4) is 5.69 Å². The summed E-state index contributed by atoms with van der Waals surface area (Å²) in [5, 5.41) is 18.0. The Kier molecular flexibility index (Phi) is 2.67. The summed E-state index contributed by atoms with van der Waals surface area (Å²) in [5.74, 6) is 0. The van der Waals surface area contributed by atoms with Crippen LogP contribution in [0.4, 0.5) is 0 Å². The van der Waals surface area contributed by atoms with Crippen LogP contribution in [0.15, 0.2) is 36.5 Å². The molecule has 0 saturated heterocycles. The molecule has 2 atom stereocenters. The first-order valence-corrected chi connectivity index (χ1v) is 6.34. The van der Waals surface area contributed by atoms with Gasteiger partial charge in [0.2, 0.25) is 0 Å². The van der Waals surface area contributed by atoms with Crippen LogP contribution < -0.4 is 0 Å². The number of aliphatic hydroxyl groups excluding tert-OH is 1. The molecule has 0 aliphatic heterocycles. The molecule has 2 unspecified atom stereocenters. The van der Waals surface area contributed by atoms with Crippen LogP contribution in [-0.2, 0) is 5.41 Å². The van der Waals surface area contributed by atoms with E-state index in [0.717, 1.165) is 30.6 Å². The van der Waals surface area contributed by atoms with Gasteiger partial charge in [0.1, 0.15) is 0 Å². The Morgan fingerprint density at radius 3 is 2.78 bits per heavy atom. The van der Waals surface area contributed by atoms with Crippen molar-refractivity contribution in [2.45, 2.75) is 37.7 Å². The van der Waals surface area contributed by atoms with E-state index in [2.05, 4.69) is 17.2 Å². The standard InChI is InChI=1S/C14H17N3O/c1-14(8-7-12(18)9-14)13-10-15-16-17(13)11-5-3-2-4-6-11/h2-6,10,12,18H,7-9H2,1H3. The zero-order valence-electron chi connectivity index (χ0n) is 10.5. The van der Waals surface area contributed by atoms with Crippen molar-refractivity contribution in [1.82, 2.24) is 15.0 Å². The van der Waals surface area contributed by atoms with Gasteiger partial charge >= 0.3 is 0 Å². The highest BCUT2D eigenvalue weighted by molar-refractivity contribution is 5.33. The first-order valence-electron chi connectivity index (χ1n) is 6.34. The number of rotatable bonds is 2. The maximum atomic E-state index is 9.77. The van der Waals surface area contributed by atoms with Crippen LogP contribution in [0.3, 0.4) is 0 Å². The highest BCUT2D eigenvalue weighted by Crippen LogP contribution is 2.40. The molecule has 2 aromatic rings. The number of aromatic nitrogens is 3. The molecule has 1 N–H and O–H groups in total.